The van der Waals surface area contributed by atoms with Crippen LogP contribution in [0.25, 0.3) is 0 Å². The van der Waals surface area contributed by atoms with Crippen LogP contribution in [0.15, 0.2) is 12.1 Å². The molecule has 1 aromatic rings. The molecular weight excluding hydrogens is 280 g/mol. The number of halogens is 1. The SMILES string of the molecule is COc1cc(C)c(CN(C)C(=O)[C@H](C)N)cc1OC.Cl. The van der Waals surface area contributed by atoms with E-state index >= 15 is 0 Å². The van der Waals surface area contributed by atoms with Gasteiger partial charge >= 0.3 is 0 Å². The largest absolute Gasteiger partial charge is 0.493 e. The highest BCUT2D eigenvalue weighted by Gasteiger charge is 2.16. The molecule has 0 unspecified atom stereocenters. The molecule has 0 bridgehead atoms. The zero-order chi connectivity index (χ0) is 14.6. The van der Waals surface area contributed by atoms with E-state index in [9.17, 15) is 4.79 Å². The van der Waals surface area contributed by atoms with E-state index in [0.717, 1.165) is 11.1 Å². The first kappa shape index (κ1) is 18.5. The summed E-state index contributed by atoms with van der Waals surface area (Å²) in [6.07, 6.45) is 0. The summed E-state index contributed by atoms with van der Waals surface area (Å²) in [7, 11) is 4.93. The van der Waals surface area contributed by atoms with Gasteiger partial charge < -0.3 is 20.1 Å². The number of methoxy groups -OCH3 is 2. The lowest BCUT2D eigenvalue weighted by atomic mass is 10.1. The molecule has 114 valence electrons. The monoisotopic (exact) mass is 302 g/mol. The fourth-order valence-electron chi connectivity index (χ4n) is 1.87. The van der Waals surface area contributed by atoms with E-state index in [1.165, 1.54) is 0 Å². The molecule has 0 saturated carbocycles. The maximum Gasteiger partial charge on any atom is 0.239 e. The Kier molecular flexibility index (Phi) is 7.39. The zero-order valence-electron chi connectivity index (χ0n) is 12.6. The predicted molar refractivity (Wildman–Crippen MR) is 81.7 cm³/mol. The molecule has 0 aliphatic rings. The van der Waals surface area contributed by atoms with Crippen molar-refractivity contribution in [3.63, 3.8) is 0 Å². The smallest absolute Gasteiger partial charge is 0.239 e. The normalized spacial score (nSPS) is 11.3. The van der Waals surface area contributed by atoms with Crippen LogP contribution in [0.1, 0.15) is 18.1 Å². The van der Waals surface area contributed by atoms with Gasteiger partial charge in [-0.05, 0) is 37.1 Å². The lowest BCUT2D eigenvalue weighted by Crippen LogP contribution is -2.39. The number of rotatable bonds is 5. The first-order valence-corrected chi connectivity index (χ1v) is 6.12. The van der Waals surface area contributed by atoms with Gasteiger partial charge in [-0.3, -0.25) is 4.79 Å². The van der Waals surface area contributed by atoms with Crippen molar-refractivity contribution in [2.24, 2.45) is 5.73 Å². The third kappa shape index (κ3) is 4.28. The number of hydrogen-bond donors (Lipinski definition) is 1. The lowest BCUT2D eigenvalue weighted by molar-refractivity contribution is -0.131. The molecule has 1 amide bonds. The van der Waals surface area contributed by atoms with E-state index in [-0.39, 0.29) is 18.3 Å². The minimum Gasteiger partial charge on any atom is -0.493 e. The fraction of sp³-hybridized carbons (Fsp3) is 0.500. The van der Waals surface area contributed by atoms with E-state index < -0.39 is 6.04 Å². The van der Waals surface area contributed by atoms with Crippen LogP contribution < -0.4 is 15.2 Å². The Morgan fingerprint density at radius 1 is 1.30 bits per heavy atom. The minimum absolute atomic E-state index is 0. The minimum atomic E-state index is -0.495. The molecule has 1 atom stereocenters. The average Bonchev–Trinajstić information content (AvgIpc) is 2.39. The van der Waals surface area contributed by atoms with Crippen molar-refractivity contribution in [1.82, 2.24) is 4.90 Å². The molecule has 20 heavy (non-hydrogen) atoms. The summed E-state index contributed by atoms with van der Waals surface area (Å²) < 4.78 is 10.5. The molecule has 0 heterocycles. The van der Waals surface area contributed by atoms with Crippen LogP contribution in [0.3, 0.4) is 0 Å². The standard InChI is InChI=1S/C14H22N2O3.ClH/c1-9-6-12(18-4)13(19-5)7-11(9)8-16(3)14(17)10(2)15;/h6-7,10H,8,15H2,1-5H3;1H/t10-;/m0./s1. The van der Waals surface area contributed by atoms with Gasteiger partial charge in [0, 0.05) is 13.6 Å². The van der Waals surface area contributed by atoms with Crippen LogP contribution in [-0.4, -0.2) is 38.1 Å². The third-order valence-electron chi connectivity index (χ3n) is 3.02. The highest BCUT2D eigenvalue weighted by atomic mass is 35.5. The average molecular weight is 303 g/mol. The van der Waals surface area contributed by atoms with Crippen molar-refractivity contribution in [3.8, 4) is 11.5 Å². The van der Waals surface area contributed by atoms with Crippen molar-refractivity contribution in [1.29, 1.82) is 0 Å². The van der Waals surface area contributed by atoms with Crippen molar-refractivity contribution >= 4 is 18.3 Å². The quantitative estimate of drug-likeness (QED) is 0.900. The lowest BCUT2D eigenvalue weighted by Gasteiger charge is -2.21. The summed E-state index contributed by atoms with van der Waals surface area (Å²) in [5.74, 6) is 1.25. The number of nitrogens with two attached hydrogens (primary N) is 1. The molecule has 0 radical (unpaired) electrons. The molecular formula is C14H23ClN2O3. The molecule has 1 aromatic carbocycles. The van der Waals surface area contributed by atoms with Gasteiger partial charge in [-0.1, -0.05) is 0 Å². The second-order valence-corrected chi connectivity index (χ2v) is 4.62. The first-order chi connectivity index (χ1) is 8.90. The van der Waals surface area contributed by atoms with E-state index in [1.807, 2.05) is 19.1 Å². The highest BCUT2D eigenvalue weighted by molar-refractivity contribution is 5.85. The number of amides is 1. The van der Waals surface area contributed by atoms with Crippen LogP contribution in [0.5, 0.6) is 11.5 Å². The summed E-state index contributed by atoms with van der Waals surface area (Å²) >= 11 is 0. The number of hydrogen-bond acceptors (Lipinski definition) is 4. The van der Waals surface area contributed by atoms with Crippen molar-refractivity contribution in [2.45, 2.75) is 26.4 Å². The Morgan fingerprint density at radius 2 is 1.80 bits per heavy atom. The number of carbonyl (C=O) groups is 1. The molecule has 0 fully saturated rings. The second kappa shape index (κ2) is 7.97. The van der Waals surface area contributed by atoms with Crippen LogP contribution in [0.2, 0.25) is 0 Å². The van der Waals surface area contributed by atoms with Gasteiger partial charge in [0.1, 0.15) is 0 Å². The van der Waals surface area contributed by atoms with Crippen molar-refractivity contribution in [2.75, 3.05) is 21.3 Å². The second-order valence-electron chi connectivity index (χ2n) is 4.62. The maximum atomic E-state index is 11.8. The molecule has 0 aliphatic carbocycles. The number of carbonyl (C=O) groups excluding carboxylic acids is 1. The van der Waals surface area contributed by atoms with Gasteiger partial charge in [0.2, 0.25) is 5.91 Å². The van der Waals surface area contributed by atoms with Crippen LogP contribution in [0, 0.1) is 6.92 Å². The summed E-state index contributed by atoms with van der Waals surface area (Å²) in [5.41, 5.74) is 7.65. The predicted octanol–water partition coefficient (Wildman–Crippen LogP) is 1.74. The van der Waals surface area contributed by atoms with E-state index in [2.05, 4.69) is 0 Å². The summed E-state index contributed by atoms with van der Waals surface area (Å²) in [6, 6.07) is 3.29. The van der Waals surface area contributed by atoms with E-state index in [4.69, 9.17) is 15.2 Å². The van der Waals surface area contributed by atoms with Gasteiger partial charge in [-0.2, -0.15) is 0 Å². The van der Waals surface area contributed by atoms with Gasteiger partial charge in [-0.15, -0.1) is 12.4 Å². The zero-order valence-corrected chi connectivity index (χ0v) is 13.4. The fourth-order valence-corrected chi connectivity index (χ4v) is 1.87. The maximum absolute atomic E-state index is 11.8. The third-order valence-corrected chi connectivity index (χ3v) is 3.02. The number of likely N-dealkylation sites (N-methyl/N-ethyl adjacent to an activating group) is 1. The molecule has 0 aliphatic heterocycles. The van der Waals surface area contributed by atoms with Crippen LogP contribution in [-0.2, 0) is 11.3 Å². The number of ether oxygens (including phenoxy) is 2. The van der Waals surface area contributed by atoms with Gasteiger partial charge in [0.15, 0.2) is 11.5 Å². The topological polar surface area (TPSA) is 64.8 Å². The number of nitrogens with zero attached hydrogens (tertiary/aromatic N) is 1. The van der Waals surface area contributed by atoms with Gasteiger partial charge in [-0.25, -0.2) is 0 Å². The van der Waals surface area contributed by atoms with Crippen LogP contribution in [0.4, 0.5) is 0 Å². The molecule has 0 aromatic heterocycles. The molecule has 1 rings (SSSR count). The molecule has 0 spiro atoms. The Bertz CT molecular complexity index is 464. The molecule has 0 saturated heterocycles. The van der Waals surface area contributed by atoms with E-state index in [0.29, 0.717) is 18.0 Å². The summed E-state index contributed by atoms with van der Waals surface area (Å²) in [5, 5.41) is 0. The molecule has 6 heteroatoms. The number of aryl methyl sites for hydroxylation is 1. The summed E-state index contributed by atoms with van der Waals surface area (Å²) in [4.78, 5) is 13.4. The van der Waals surface area contributed by atoms with Crippen molar-refractivity contribution < 1.29 is 14.3 Å². The Labute approximate surface area is 126 Å². The number of benzene rings is 1. The van der Waals surface area contributed by atoms with Gasteiger partial charge in [0.25, 0.3) is 0 Å². The molecule has 5 nitrogen and oxygen atoms in total. The first-order valence-electron chi connectivity index (χ1n) is 6.12. The Hall–Kier alpha value is -1.46. The molecule has 2 N–H and O–H groups in total. The van der Waals surface area contributed by atoms with Gasteiger partial charge in [0.05, 0.1) is 20.3 Å². The van der Waals surface area contributed by atoms with E-state index in [1.54, 1.807) is 33.1 Å². The summed E-state index contributed by atoms with van der Waals surface area (Å²) in [6.45, 7) is 4.15. The van der Waals surface area contributed by atoms with Crippen molar-refractivity contribution in [3.05, 3.63) is 23.3 Å². The van der Waals surface area contributed by atoms with Crippen LogP contribution >= 0.6 is 12.4 Å². The Balaban J connectivity index is 0.00000361. The highest BCUT2D eigenvalue weighted by Crippen LogP contribution is 2.30. The Morgan fingerprint density at radius 3 is 2.25 bits per heavy atom.